The fraction of sp³-hybridized carbons (Fsp3) is 0.312. The predicted molar refractivity (Wildman–Crippen MR) is 88.8 cm³/mol. The van der Waals surface area contributed by atoms with Crippen LogP contribution in [0.5, 0.6) is 0 Å². The molecule has 0 bridgehead atoms. The average Bonchev–Trinajstić information content (AvgIpc) is 2.77. The monoisotopic (exact) mass is 320 g/mol. The number of hydrogen-bond acceptors (Lipinski definition) is 3. The van der Waals surface area contributed by atoms with Crippen LogP contribution in [0, 0.1) is 5.92 Å². The number of nitrogens with zero attached hydrogens (tertiary/aromatic N) is 1. The van der Waals surface area contributed by atoms with Crippen molar-refractivity contribution in [2.75, 3.05) is 6.26 Å². The molecule has 0 fully saturated rings. The number of allylic oxidation sites excluding steroid dienone is 1. The quantitative estimate of drug-likeness (QED) is 0.941. The van der Waals surface area contributed by atoms with Gasteiger partial charge in [-0.1, -0.05) is 32.0 Å². The maximum absolute atomic E-state index is 11.9. The number of carbonyl (C=O) groups excluding carboxylic acids is 1. The first-order valence-corrected chi connectivity index (χ1v) is 8.85. The number of fused-ring (bicyclic) bond motifs is 1. The molecule has 1 N–H and O–H groups in total. The highest BCUT2D eigenvalue weighted by Gasteiger charge is 2.14. The van der Waals surface area contributed by atoms with Gasteiger partial charge in [0.15, 0.2) is 0 Å². The lowest BCUT2D eigenvalue weighted by Gasteiger charge is -2.07. The van der Waals surface area contributed by atoms with Gasteiger partial charge in [-0.05, 0) is 19.1 Å². The van der Waals surface area contributed by atoms with Gasteiger partial charge in [0.05, 0.1) is 11.8 Å². The molecular weight excluding hydrogens is 300 g/mol. The first-order valence-electron chi connectivity index (χ1n) is 7.00. The molecule has 0 unspecified atom stereocenters. The van der Waals surface area contributed by atoms with E-state index in [2.05, 4.69) is 5.32 Å². The summed E-state index contributed by atoms with van der Waals surface area (Å²) < 4.78 is 25.0. The molecular formula is C16H20N2O3S. The molecule has 118 valence electrons. The van der Waals surface area contributed by atoms with Crippen molar-refractivity contribution in [3.8, 4) is 0 Å². The minimum atomic E-state index is -3.38. The lowest BCUT2D eigenvalue weighted by Crippen LogP contribution is -2.25. The number of aromatic nitrogens is 1. The summed E-state index contributed by atoms with van der Waals surface area (Å²) in [6.45, 7) is 5.42. The van der Waals surface area contributed by atoms with E-state index in [1.54, 1.807) is 31.3 Å². The number of carbonyl (C=O) groups is 1. The van der Waals surface area contributed by atoms with E-state index < -0.39 is 10.0 Å². The van der Waals surface area contributed by atoms with Gasteiger partial charge in [-0.15, -0.1) is 0 Å². The van der Waals surface area contributed by atoms with E-state index in [1.807, 2.05) is 26.0 Å². The van der Waals surface area contributed by atoms with Crippen molar-refractivity contribution in [2.45, 2.75) is 20.8 Å². The Morgan fingerprint density at radius 2 is 1.91 bits per heavy atom. The van der Waals surface area contributed by atoms with Crippen molar-refractivity contribution in [2.24, 2.45) is 5.92 Å². The van der Waals surface area contributed by atoms with E-state index in [9.17, 15) is 13.2 Å². The third-order valence-corrected chi connectivity index (χ3v) is 4.30. The molecule has 6 heteroatoms. The van der Waals surface area contributed by atoms with Crippen LogP contribution in [0.4, 0.5) is 0 Å². The van der Waals surface area contributed by atoms with Crippen LogP contribution >= 0.6 is 0 Å². The highest BCUT2D eigenvalue weighted by molar-refractivity contribution is 7.89. The molecule has 0 saturated heterocycles. The molecule has 0 atom stereocenters. The van der Waals surface area contributed by atoms with Crippen LogP contribution in [-0.4, -0.2) is 24.6 Å². The van der Waals surface area contributed by atoms with Crippen LogP contribution < -0.4 is 5.32 Å². The van der Waals surface area contributed by atoms with E-state index in [1.165, 1.54) is 10.2 Å². The fourth-order valence-corrected chi connectivity index (χ4v) is 2.99. The zero-order valence-corrected chi connectivity index (χ0v) is 13.9. The van der Waals surface area contributed by atoms with Crippen molar-refractivity contribution in [1.82, 2.24) is 9.29 Å². The lowest BCUT2D eigenvalue weighted by molar-refractivity contribution is -0.123. The first kappa shape index (κ1) is 16.3. The molecule has 0 spiro atoms. The Hall–Kier alpha value is -2.08. The Labute approximate surface area is 130 Å². The summed E-state index contributed by atoms with van der Waals surface area (Å²) in [7, 11) is -3.38. The average molecular weight is 320 g/mol. The van der Waals surface area contributed by atoms with Gasteiger partial charge in [0.1, 0.15) is 0 Å². The van der Waals surface area contributed by atoms with E-state index in [0.29, 0.717) is 11.2 Å². The highest BCUT2D eigenvalue weighted by atomic mass is 32.2. The largest absolute Gasteiger partial charge is 0.330 e. The van der Waals surface area contributed by atoms with E-state index in [-0.39, 0.29) is 11.8 Å². The van der Waals surface area contributed by atoms with Gasteiger partial charge in [-0.25, -0.2) is 12.4 Å². The molecule has 1 aromatic carbocycles. The summed E-state index contributed by atoms with van der Waals surface area (Å²) >= 11 is 0. The summed E-state index contributed by atoms with van der Waals surface area (Å²) in [5.41, 5.74) is 2.05. The summed E-state index contributed by atoms with van der Waals surface area (Å²) in [4.78, 5) is 11.7. The number of para-hydroxylation sites is 1. The first-order chi connectivity index (χ1) is 10.2. The van der Waals surface area contributed by atoms with Crippen molar-refractivity contribution in [3.63, 3.8) is 0 Å². The Balaban J connectivity index is 2.51. The maximum Gasteiger partial charge on any atom is 0.236 e. The topological polar surface area (TPSA) is 68.2 Å². The minimum Gasteiger partial charge on any atom is -0.330 e. The van der Waals surface area contributed by atoms with Gasteiger partial charge in [0, 0.05) is 28.8 Å². The van der Waals surface area contributed by atoms with Gasteiger partial charge in [-0.3, -0.25) is 4.79 Å². The van der Waals surface area contributed by atoms with Gasteiger partial charge in [0.2, 0.25) is 15.9 Å². The summed E-state index contributed by atoms with van der Waals surface area (Å²) in [6.07, 6.45) is 4.52. The van der Waals surface area contributed by atoms with Crippen LogP contribution in [0.25, 0.3) is 17.0 Å². The highest BCUT2D eigenvalue weighted by Crippen LogP contribution is 2.24. The van der Waals surface area contributed by atoms with Crippen molar-refractivity contribution in [3.05, 3.63) is 41.7 Å². The second-order valence-corrected chi connectivity index (χ2v) is 7.49. The minimum absolute atomic E-state index is 0.0689. The Morgan fingerprint density at radius 1 is 1.27 bits per heavy atom. The number of nitrogens with one attached hydrogen (secondary N) is 1. The maximum atomic E-state index is 11.9. The molecule has 5 nitrogen and oxygen atoms in total. The fourth-order valence-electron chi connectivity index (χ4n) is 2.17. The lowest BCUT2D eigenvalue weighted by atomic mass is 10.1. The predicted octanol–water partition coefficient (Wildman–Crippen LogP) is 2.58. The van der Waals surface area contributed by atoms with Crippen molar-refractivity contribution < 1.29 is 13.2 Å². The molecule has 1 heterocycles. The van der Waals surface area contributed by atoms with E-state index in [4.69, 9.17) is 0 Å². The standard InChI is InChI=1S/C16H20N2O3S/c1-11(2)16(19)17-12(3)9-13-10-18(22(4,20)21)15-8-6-5-7-14(13)15/h5-11H,1-4H3,(H,17,19)/b12-9-. The van der Waals surface area contributed by atoms with E-state index >= 15 is 0 Å². The number of hydrogen-bond donors (Lipinski definition) is 1. The molecule has 2 aromatic rings. The third kappa shape index (κ3) is 3.39. The van der Waals surface area contributed by atoms with Crippen LogP contribution in [-0.2, 0) is 14.8 Å². The van der Waals surface area contributed by atoms with Gasteiger partial charge < -0.3 is 5.32 Å². The van der Waals surface area contributed by atoms with E-state index in [0.717, 1.165) is 10.9 Å². The normalized spacial score (nSPS) is 12.9. The molecule has 1 aromatic heterocycles. The number of rotatable bonds is 4. The Morgan fingerprint density at radius 3 is 2.50 bits per heavy atom. The SMILES string of the molecule is C/C(=C/c1cn(S(C)(=O)=O)c2ccccc12)NC(=O)C(C)C. The molecule has 0 aliphatic heterocycles. The van der Waals surface area contributed by atoms with Crippen LogP contribution in [0.3, 0.4) is 0 Å². The number of benzene rings is 1. The third-order valence-electron chi connectivity index (χ3n) is 3.28. The van der Waals surface area contributed by atoms with Gasteiger partial charge >= 0.3 is 0 Å². The summed E-state index contributed by atoms with van der Waals surface area (Å²) in [5.74, 6) is -0.179. The molecule has 0 aliphatic carbocycles. The van der Waals surface area contributed by atoms with Crippen LogP contribution in [0.2, 0.25) is 0 Å². The van der Waals surface area contributed by atoms with Crippen molar-refractivity contribution >= 4 is 32.9 Å². The molecule has 22 heavy (non-hydrogen) atoms. The van der Waals surface area contributed by atoms with Crippen LogP contribution in [0.1, 0.15) is 26.3 Å². The molecule has 0 saturated carbocycles. The number of amides is 1. The van der Waals surface area contributed by atoms with Gasteiger partial charge in [0.25, 0.3) is 0 Å². The molecule has 0 aliphatic rings. The molecule has 0 radical (unpaired) electrons. The second kappa shape index (κ2) is 5.96. The second-order valence-electron chi connectivity index (χ2n) is 5.63. The van der Waals surface area contributed by atoms with Crippen molar-refractivity contribution in [1.29, 1.82) is 0 Å². The summed E-state index contributed by atoms with van der Waals surface area (Å²) in [5, 5.41) is 3.63. The zero-order chi connectivity index (χ0) is 16.5. The smallest absolute Gasteiger partial charge is 0.236 e. The zero-order valence-electron chi connectivity index (χ0n) is 13.1. The molecule has 2 rings (SSSR count). The Kier molecular flexibility index (Phi) is 4.42. The summed E-state index contributed by atoms with van der Waals surface area (Å²) in [6, 6.07) is 7.27. The Bertz CT molecular complexity index is 845. The van der Waals surface area contributed by atoms with Gasteiger partial charge in [-0.2, -0.15) is 0 Å². The molecule has 1 amide bonds. The van der Waals surface area contributed by atoms with Crippen LogP contribution in [0.15, 0.2) is 36.2 Å².